The van der Waals surface area contributed by atoms with Gasteiger partial charge in [0.15, 0.2) is 0 Å². The van der Waals surface area contributed by atoms with Crippen molar-refractivity contribution in [3.05, 3.63) is 88.9 Å². The Bertz CT molecular complexity index is 861. The highest BCUT2D eigenvalue weighted by Gasteiger charge is 2.05. The summed E-state index contributed by atoms with van der Waals surface area (Å²) in [5.41, 5.74) is 3.71. The summed E-state index contributed by atoms with van der Waals surface area (Å²) in [6, 6.07) is 21.5. The minimum atomic E-state index is 1.10. The van der Waals surface area contributed by atoms with Gasteiger partial charge in [-0.3, -0.25) is 0 Å². The van der Waals surface area contributed by atoms with Crippen LogP contribution in [0.1, 0.15) is 12.5 Å². The largest absolute Gasteiger partial charge is 0.0966 e. The summed E-state index contributed by atoms with van der Waals surface area (Å²) in [7, 11) is 0. The van der Waals surface area contributed by atoms with Crippen molar-refractivity contribution in [2.75, 3.05) is 5.83 Å². The van der Waals surface area contributed by atoms with Crippen LogP contribution < -0.4 is 0 Å². The number of allylic oxidation sites excluding steroid dienone is 3. The van der Waals surface area contributed by atoms with E-state index in [9.17, 15) is 0 Å². The van der Waals surface area contributed by atoms with Crippen LogP contribution in [0.5, 0.6) is 0 Å². The number of alkyl halides is 1. The summed E-state index contributed by atoms with van der Waals surface area (Å²) in [5, 5.41) is 2.55. The van der Waals surface area contributed by atoms with Gasteiger partial charge in [-0.15, -0.1) is 0 Å². The zero-order chi connectivity index (χ0) is 17.4. The molecule has 0 amide bonds. The van der Waals surface area contributed by atoms with Crippen LogP contribution in [0, 0.1) is 0 Å². The van der Waals surface area contributed by atoms with E-state index in [1.807, 2.05) is 24.9 Å². The molecule has 0 aromatic heterocycles. The first-order chi connectivity index (χ1) is 11.8. The van der Waals surface area contributed by atoms with Crippen molar-refractivity contribution in [2.45, 2.75) is 6.92 Å². The Morgan fingerprint density at radius 1 is 0.833 bits per heavy atom. The maximum Gasteiger partial charge on any atom is 0.0181 e. The number of hydrogen-bond acceptors (Lipinski definition) is 0. The molecule has 0 aliphatic heterocycles. The molecule has 3 rings (SSSR count). The van der Waals surface area contributed by atoms with Crippen LogP contribution in [-0.2, 0) is 0 Å². The summed E-state index contributed by atoms with van der Waals surface area (Å²) in [6.07, 6.45) is 8.31. The molecule has 0 heterocycles. The highest BCUT2D eigenvalue weighted by atomic mass is 79.9. The molecule has 0 saturated heterocycles. The fraction of sp³-hybridized carbons (Fsp3) is 0.0909. The van der Waals surface area contributed by atoms with E-state index in [-0.39, 0.29) is 0 Å². The Labute approximate surface area is 161 Å². The molecule has 0 unspecified atom stereocenters. The lowest BCUT2D eigenvalue weighted by Crippen LogP contribution is -1.84. The van der Waals surface area contributed by atoms with E-state index in [1.54, 1.807) is 0 Å². The minimum Gasteiger partial charge on any atom is -0.0966 e. The van der Waals surface area contributed by atoms with E-state index in [0.717, 1.165) is 4.47 Å². The molecule has 0 nitrogen and oxygen atoms in total. The van der Waals surface area contributed by atoms with Crippen molar-refractivity contribution in [1.29, 1.82) is 0 Å². The number of halogens is 2. The first kappa shape index (κ1) is 18.7. The average molecular weight is 444 g/mol. The molecule has 3 aromatic rings. The van der Waals surface area contributed by atoms with Crippen LogP contribution in [0.2, 0.25) is 0 Å². The number of hydrogen-bond donors (Lipinski definition) is 0. The molecule has 0 bridgehead atoms. The SMILES string of the molecule is C/C=C\C=C/c1cc(-c2cccc(Br)c2)c2ccccc2c1.CBr. The van der Waals surface area contributed by atoms with Crippen molar-refractivity contribution >= 4 is 48.7 Å². The van der Waals surface area contributed by atoms with Gasteiger partial charge >= 0.3 is 0 Å². The standard InChI is InChI=1S/C21H17Br.CH3Br/c1-2-3-4-8-16-13-17-9-5-6-12-20(17)21(14-16)18-10-7-11-19(22)15-18;1-2/h2-15H,1H3;1H3/b3-2-,8-4-;. The van der Waals surface area contributed by atoms with E-state index < -0.39 is 0 Å². The van der Waals surface area contributed by atoms with E-state index in [2.05, 4.69) is 105 Å². The lowest BCUT2D eigenvalue weighted by molar-refractivity contribution is 1.60. The quantitative estimate of drug-likeness (QED) is 0.285. The van der Waals surface area contributed by atoms with Crippen molar-refractivity contribution in [2.24, 2.45) is 0 Å². The first-order valence-electron chi connectivity index (χ1n) is 7.74. The van der Waals surface area contributed by atoms with Crippen LogP contribution in [0.15, 0.2) is 83.4 Å². The molecule has 0 radical (unpaired) electrons. The highest BCUT2D eigenvalue weighted by Crippen LogP contribution is 2.32. The van der Waals surface area contributed by atoms with Crippen molar-refractivity contribution in [1.82, 2.24) is 0 Å². The van der Waals surface area contributed by atoms with Crippen LogP contribution in [0.25, 0.3) is 28.0 Å². The lowest BCUT2D eigenvalue weighted by atomic mass is 9.95. The highest BCUT2D eigenvalue weighted by molar-refractivity contribution is 9.10. The maximum absolute atomic E-state index is 3.57. The van der Waals surface area contributed by atoms with Gasteiger partial charge in [-0.05, 0) is 64.5 Å². The summed E-state index contributed by atoms with van der Waals surface area (Å²) in [4.78, 5) is 0. The Kier molecular flexibility index (Phi) is 7.48. The summed E-state index contributed by atoms with van der Waals surface area (Å²) in [5.74, 6) is 1.81. The van der Waals surface area contributed by atoms with Crippen molar-refractivity contribution < 1.29 is 0 Å². The summed E-state index contributed by atoms with van der Waals surface area (Å²) >= 11 is 6.51. The van der Waals surface area contributed by atoms with Crippen LogP contribution >= 0.6 is 31.9 Å². The fourth-order valence-electron chi connectivity index (χ4n) is 2.60. The van der Waals surface area contributed by atoms with Crippen molar-refractivity contribution in [3.63, 3.8) is 0 Å². The van der Waals surface area contributed by atoms with Gasteiger partial charge in [0.25, 0.3) is 0 Å². The minimum absolute atomic E-state index is 1.10. The van der Waals surface area contributed by atoms with E-state index >= 15 is 0 Å². The third-order valence-electron chi connectivity index (χ3n) is 3.61. The van der Waals surface area contributed by atoms with Crippen LogP contribution in [0.4, 0.5) is 0 Å². The number of rotatable bonds is 3. The molecule has 0 saturated carbocycles. The van der Waals surface area contributed by atoms with Gasteiger partial charge in [0.2, 0.25) is 0 Å². The average Bonchev–Trinajstić information content (AvgIpc) is 2.63. The van der Waals surface area contributed by atoms with Crippen molar-refractivity contribution in [3.8, 4) is 11.1 Å². The Morgan fingerprint density at radius 2 is 1.62 bits per heavy atom. The normalized spacial score (nSPS) is 11.0. The predicted octanol–water partition coefficient (Wildman–Crippen LogP) is 7.87. The van der Waals surface area contributed by atoms with Crippen LogP contribution in [-0.4, -0.2) is 5.83 Å². The second-order valence-electron chi connectivity index (χ2n) is 5.18. The fourth-order valence-corrected chi connectivity index (χ4v) is 3.00. The van der Waals surface area contributed by atoms with Gasteiger partial charge in [-0.2, -0.15) is 0 Å². The molecule has 0 spiro atoms. The molecular weight excluding hydrogens is 424 g/mol. The Hall–Kier alpha value is -1.64. The second-order valence-corrected chi connectivity index (χ2v) is 6.10. The third-order valence-corrected chi connectivity index (χ3v) is 4.11. The predicted molar refractivity (Wildman–Crippen MR) is 116 cm³/mol. The maximum atomic E-state index is 3.57. The smallest absolute Gasteiger partial charge is 0.0181 e. The van der Waals surface area contributed by atoms with Crippen LogP contribution in [0.3, 0.4) is 0 Å². The molecule has 122 valence electrons. The molecule has 24 heavy (non-hydrogen) atoms. The number of fused-ring (bicyclic) bond motifs is 1. The van der Waals surface area contributed by atoms with E-state index in [4.69, 9.17) is 0 Å². The molecular formula is C22H20Br2. The molecule has 0 aliphatic carbocycles. The first-order valence-corrected chi connectivity index (χ1v) is 10.1. The van der Waals surface area contributed by atoms with Gasteiger partial charge in [-0.25, -0.2) is 0 Å². The van der Waals surface area contributed by atoms with Gasteiger partial charge < -0.3 is 0 Å². The number of benzene rings is 3. The molecule has 2 heteroatoms. The zero-order valence-corrected chi connectivity index (χ0v) is 17.0. The topological polar surface area (TPSA) is 0 Å². The zero-order valence-electron chi connectivity index (χ0n) is 13.8. The van der Waals surface area contributed by atoms with Gasteiger partial charge in [0, 0.05) is 4.47 Å². The Balaban J connectivity index is 0.00000100. The van der Waals surface area contributed by atoms with Gasteiger partial charge in [-0.1, -0.05) is 92.6 Å². The second kappa shape index (κ2) is 9.61. The van der Waals surface area contributed by atoms with Gasteiger partial charge in [0.1, 0.15) is 0 Å². The van der Waals surface area contributed by atoms with Gasteiger partial charge in [0.05, 0.1) is 0 Å². The summed E-state index contributed by atoms with van der Waals surface area (Å²) in [6.45, 7) is 2.03. The van der Waals surface area contributed by atoms with E-state index in [1.165, 1.54) is 27.5 Å². The Morgan fingerprint density at radius 3 is 2.38 bits per heavy atom. The van der Waals surface area contributed by atoms with E-state index in [0.29, 0.717) is 0 Å². The molecule has 0 fully saturated rings. The third kappa shape index (κ3) is 4.68. The lowest BCUT2D eigenvalue weighted by Gasteiger charge is -2.09. The molecule has 3 aromatic carbocycles. The molecule has 0 atom stereocenters. The molecule has 0 aliphatic rings. The monoisotopic (exact) mass is 442 g/mol. The summed E-state index contributed by atoms with van der Waals surface area (Å²) < 4.78 is 1.10. The molecule has 0 N–H and O–H groups in total.